The largest absolute Gasteiger partial charge is 0.481 e. The Labute approximate surface area is 150 Å². The number of pyridine rings is 1. The van der Waals surface area contributed by atoms with Crippen molar-refractivity contribution in [3.63, 3.8) is 0 Å². The monoisotopic (exact) mass is 391 g/mol. The summed E-state index contributed by atoms with van der Waals surface area (Å²) in [6.45, 7) is 0. The van der Waals surface area contributed by atoms with Gasteiger partial charge in [0.1, 0.15) is 11.9 Å². The van der Waals surface area contributed by atoms with Crippen LogP contribution >= 0.6 is 0 Å². The fraction of sp³-hybridized carbons (Fsp3) is 0.294. The molecule has 0 radical (unpaired) electrons. The van der Waals surface area contributed by atoms with Gasteiger partial charge in [-0.05, 0) is 36.2 Å². The number of hydrogen-bond donors (Lipinski definition) is 2. The fourth-order valence-corrected chi connectivity index (χ4v) is 2.32. The number of aliphatic hydroxyl groups is 1. The van der Waals surface area contributed by atoms with Crippen LogP contribution in [0.4, 0.5) is 22.0 Å². The van der Waals surface area contributed by atoms with Gasteiger partial charge in [0.25, 0.3) is 0 Å². The molecule has 0 amide bonds. The maximum absolute atomic E-state index is 13.2. The van der Waals surface area contributed by atoms with E-state index in [1.807, 2.05) is 0 Å². The van der Waals surface area contributed by atoms with Gasteiger partial charge in [0.05, 0.1) is 11.6 Å². The Morgan fingerprint density at radius 3 is 2.44 bits per heavy atom. The Kier molecular flexibility index (Phi) is 6.32. The molecule has 0 spiro atoms. The average Bonchev–Trinajstić information content (AvgIpc) is 2.58. The minimum Gasteiger partial charge on any atom is -0.481 e. The SMILES string of the molecule is O=C(O)C(Cc1cccc(OC(F)(F)C(F)F)c1)C(O)c1cccc(F)n1. The van der Waals surface area contributed by atoms with E-state index in [1.165, 1.54) is 24.3 Å². The highest BCUT2D eigenvalue weighted by molar-refractivity contribution is 5.71. The zero-order valence-corrected chi connectivity index (χ0v) is 13.5. The number of carboxylic acids is 1. The van der Waals surface area contributed by atoms with Crippen LogP contribution in [0.3, 0.4) is 0 Å². The summed E-state index contributed by atoms with van der Waals surface area (Å²) < 4.78 is 67.5. The van der Waals surface area contributed by atoms with Crippen molar-refractivity contribution in [1.82, 2.24) is 4.98 Å². The zero-order chi connectivity index (χ0) is 20.2. The molecule has 5 nitrogen and oxygen atoms in total. The van der Waals surface area contributed by atoms with Crippen molar-refractivity contribution >= 4 is 5.97 Å². The molecule has 2 unspecified atom stereocenters. The van der Waals surface area contributed by atoms with Gasteiger partial charge in [-0.2, -0.15) is 22.0 Å². The predicted octanol–water partition coefficient (Wildman–Crippen LogP) is 3.43. The van der Waals surface area contributed by atoms with Gasteiger partial charge in [0.2, 0.25) is 5.95 Å². The summed E-state index contributed by atoms with van der Waals surface area (Å²) in [4.78, 5) is 14.9. The molecule has 1 heterocycles. The first-order valence-corrected chi connectivity index (χ1v) is 7.57. The molecule has 10 heteroatoms. The Balaban J connectivity index is 2.22. The molecule has 0 aliphatic rings. The van der Waals surface area contributed by atoms with Gasteiger partial charge < -0.3 is 14.9 Å². The first kappa shape index (κ1) is 20.6. The van der Waals surface area contributed by atoms with Gasteiger partial charge in [-0.3, -0.25) is 4.79 Å². The molecule has 0 aliphatic carbocycles. The number of benzene rings is 1. The highest BCUT2D eigenvalue weighted by Gasteiger charge is 2.44. The molecule has 0 aliphatic heterocycles. The van der Waals surface area contributed by atoms with Gasteiger partial charge >= 0.3 is 18.5 Å². The van der Waals surface area contributed by atoms with Gasteiger partial charge in [-0.15, -0.1) is 0 Å². The highest BCUT2D eigenvalue weighted by Crippen LogP contribution is 2.30. The number of halogens is 5. The molecule has 2 aromatic rings. The number of carbonyl (C=O) groups is 1. The lowest BCUT2D eigenvalue weighted by Crippen LogP contribution is -2.33. The van der Waals surface area contributed by atoms with Crippen LogP contribution in [0, 0.1) is 11.9 Å². The van der Waals surface area contributed by atoms with E-state index in [0.717, 1.165) is 18.2 Å². The van der Waals surface area contributed by atoms with E-state index < -0.39 is 42.2 Å². The van der Waals surface area contributed by atoms with Crippen LogP contribution in [0.1, 0.15) is 17.4 Å². The maximum atomic E-state index is 13.2. The molecule has 1 aromatic carbocycles. The predicted molar refractivity (Wildman–Crippen MR) is 82.0 cm³/mol. The Morgan fingerprint density at radius 1 is 1.19 bits per heavy atom. The third-order valence-electron chi connectivity index (χ3n) is 3.60. The van der Waals surface area contributed by atoms with E-state index in [0.29, 0.717) is 0 Å². The molecular formula is C17H14F5NO4. The molecule has 2 rings (SSSR count). The van der Waals surface area contributed by atoms with E-state index in [2.05, 4.69) is 9.72 Å². The van der Waals surface area contributed by atoms with E-state index in [1.54, 1.807) is 0 Å². The highest BCUT2D eigenvalue weighted by atomic mass is 19.3. The fourth-order valence-electron chi connectivity index (χ4n) is 2.32. The van der Waals surface area contributed by atoms with Crippen LogP contribution < -0.4 is 4.74 Å². The summed E-state index contributed by atoms with van der Waals surface area (Å²) in [5.74, 6) is -4.46. The Bertz CT molecular complexity index is 802. The van der Waals surface area contributed by atoms with Crippen molar-refractivity contribution in [3.05, 3.63) is 59.7 Å². The van der Waals surface area contributed by atoms with Crippen LogP contribution in [0.2, 0.25) is 0 Å². The van der Waals surface area contributed by atoms with Crippen molar-refractivity contribution in [1.29, 1.82) is 0 Å². The van der Waals surface area contributed by atoms with Crippen LogP contribution in [-0.2, 0) is 11.2 Å². The topological polar surface area (TPSA) is 79.7 Å². The zero-order valence-electron chi connectivity index (χ0n) is 13.5. The number of alkyl halides is 4. The molecule has 2 atom stereocenters. The lowest BCUT2D eigenvalue weighted by atomic mass is 9.92. The number of aliphatic carboxylic acids is 1. The molecule has 2 N–H and O–H groups in total. The first-order valence-electron chi connectivity index (χ1n) is 7.57. The second-order valence-electron chi connectivity index (χ2n) is 5.59. The van der Waals surface area contributed by atoms with Crippen LogP contribution in [-0.4, -0.2) is 33.7 Å². The molecule has 0 saturated heterocycles. The second kappa shape index (κ2) is 8.30. The summed E-state index contributed by atoms with van der Waals surface area (Å²) in [5.41, 5.74) is -0.0977. The Hall–Kier alpha value is -2.75. The van der Waals surface area contributed by atoms with Gasteiger partial charge in [-0.25, -0.2) is 4.98 Å². The number of aliphatic hydroxyl groups excluding tert-OH is 1. The molecule has 0 bridgehead atoms. The molecular weight excluding hydrogens is 377 g/mol. The third-order valence-corrected chi connectivity index (χ3v) is 3.60. The van der Waals surface area contributed by atoms with Crippen molar-refractivity contribution in [2.24, 2.45) is 5.92 Å². The van der Waals surface area contributed by atoms with Gasteiger partial charge in [-0.1, -0.05) is 18.2 Å². The Morgan fingerprint density at radius 2 is 1.85 bits per heavy atom. The summed E-state index contributed by atoms with van der Waals surface area (Å²) in [5, 5.41) is 19.5. The smallest absolute Gasteiger partial charge is 0.461 e. The molecule has 27 heavy (non-hydrogen) atoms. The quantitative estimate of drug-likeness (QED) is 0.532. The molecule has 0 fully saturated rings. The first-order chi connectivity index (χ1) is 12.6. The van der Waals surface area contributed by atoms with Crippen molar-refractivity contribution in [2.75, 3.05) is 0 Å². The minimum atomic E-state index is -4.71. The van der Waals surface area contributed by atoms with Gasteiger partial charge in [0.15, 0.2) is 0 Å². The standard InChI is InChI=1S/C17H14F5NO4/c18-13-6-2-5-12(23-13)14(24)11(15(25)26)8-9-3-1-4-10(7-9)27-17(21,22)16(19)20/h1-7,11,14,16,24H,8H2,(H,25,26). The number of aromatic nitrogens is 1. The lowest BCUT2D eigenvalue weighted by molar-refractivity contribution is -0.253. The van der Waals surface area contributed by atoms with Gasteiger partial charge in [0, 0.05) is 0 Å². The van der Waals surface area contributed by atoms with Crippen molar-refractivity contribution < 1.29 is 41.7 Å². The second-order valence-corrected chi connectivity index (χ2v) is 5.59. The lowest BCUT2D eigenvalue weighted by Gasteiger charge is -2.20. The minimum absolute atomic E-state index is 0.125. The number of ether oxygens (including phenoxy) is 1. The molecule has 146 valence electrons. The average molecular weight is 391 g/mol. The summed E-state index contributed by atoms with van der Waals surface area (Å²) in [6.07, 6.45) is -10.8. The maximum Gasteiger partial charge on any atom is 0.461 e. The van der Waals surface area contributed by atoms with Crippen molar-refractivity contribution in [3.8, 4) is 5.75 Å². The van der Waals surface area contributed by atoms with Crippen LogP contribution in [0.5, 0.6) is 5.75 Å². The molecule has 0 saturated carbocycles. The summed E-state index contributed by atoms with van der Waals surface area (Å²) in [6, 6.07) is 7.98. The summed E-state index contributed by atoms with van der Waals surface area (Å²) >= 11 is 0. The number of rotatable bonds is 8. The van der Waals surface area contributed by atoms with E-state index in [-0.39, 0.29) is 17.7 Å². The third kappa shape index (κ3) is 5.36. The van der Waals surface area contributed by atoms with Crippen LogP contribution in [0.25, 0.3) is 0 Å². The summed E-state index contributed by atoms with van der Waals surface area (Å²) in [7, 11) is 0. The van der Waals surface area contributed by atoms with Crippen LogP contribution in [0.15, 0.2) is 42.5 Å². The van der Waals surface area contributed by atoms with Crippen molar-refractivity contribution in [2.45, 2.75) is 25.1 Å². The van der Waals surface area contributed by atoms with E-state index in [9.17, 15) is 37.0 Å². The normalized spacial score (nSPS) is 14.0. The van der Waals surface area contributed by atoms with E-state index in [4.69, 9.17) is 0 Å². The van der Waals surface area contributed by atoms with E-state index >= 15 is 0 Å². The number of carboxylic acid groups (broad SMARTS) is 1. The number of hydrogen-bond acceptors (Lipinski definition) is 4. The number of nitrogens with zero attached hydrogens (tertiary/aromatic N) is 1. The molecule has 1 aromatic heterocycles.